The molecule has 0 heterocycles. The number of unbranched alkanes of at least 4 members (excludes halogenated alkanes) is 13. The van der Waals surface area contributed by atoms with Crippen LogP contribution in [0.3, 0.4) is 0 Å². The molecular weight excluding hydrogens is 458 g/mol. The second-order valence-electron chi connectivity index (χ2n) is 10.1. The van der Waals surface area contributed by atoms with Crippen molar-refractivity contribution in [3.63, 3.8) is 0 Å². The number of hydrogen-bond donors (Lipinski definition) is 3. The first-order valence-electron chi connectivity index (χ1n) is 15.4. The van der Waals surface area contributed by atoms with Gasteiger partial charge in [-0.25, -0.2) is 0 Å². The number of nitrogens with one attached hydrogen (secondary N) is 1. The number of carbonyl (C=O) groups excluding carboxylic acids is 1. The van der Waals surface area contributed by atoms with Crippen LogP contribution in [0.25, 0.3) is 0 Å². The molecule has 0 spiro atoms. The van der Waals surface area contributed by atoms with Crippen molar-refractivity contribution in [2.24, 2.45) is 0 Å². The van der Waals surface area contributed by atoms with E-state index in [1.165, 1.54) is 57.8 Å². The summed E-state index contributed by atoms with van der Waals surface area (Å²) in [5.41, 5.74) is 0. The Bertz CT molecular complexity index is 609. The normalized spacial score (nSPS) is 13.9. The van der Waals surface area contributed by atoms with Crippen LogP contribution in [-0.4, -0.2) is 34.9 Å². The van der Waals surface area contributed by atoms with E-state index in [2.05, 4.69) is 55.6 Å². The quantitative estimate of drug-likeness (QED) is 0.0795. The molecule has 2 unspecified atom stereocenters. The summed E-state index contributed by atoms with van der Waals surface area (Å²) in [4.78, 5) is 12.2. The molecule has 4 nitrogen and oxygen atoms in total. The number of rotatable bonds is 26. The Morgan fingerprint density at radius 2 is 1.19 bits per heavy atom. The van der Waals surface area contributed by atoms with E-state index in [1.54, 1.807) is 6.08 Å². The summed E-state index contributed by atoms with van der Waals surface area (Å²) in [6.45, 7) is 4.14. The monoisotopic (exact) mass is 517 g/mol. The lowest BCUT2D eigenvalue weighted by Gasteiger charge is -2.20. The molecule has 0 aliphatic heterocycles. The average Bonchev–Trinajstić information content (AvgIpc) is 2.90. The fourth-order valence-electron chi connectivity index (χ4n) is 4.19. The fourth-order valence-corrected chi connectivity index (χ4v) is 4.19. The van der Waals surface area contributed by atoms with Crippen LogP contribution in [-0.2, 0) is 4.79 Å². The van der Waals surface area contributed by atoms with Gasteiger partial charge >= 0.3 is 0 Å². The minimum absolute atomic E-state index is 0.0873. The molecule has 0 aliphatic carbocycles. The molecule has 0 bridgehead atoms. The molecule has 0 aromatic heterocycles. The van der Waals surface area contributed by atoms with Crippen molar-refractivity contribution in [2.45, 2.75) is 148 Å². The number of hydrogen-bond acceptors (Lipinski definition) is 3. The minimum atomic E-state index is -0.843. The summed E-state index contributed by atoms with van der Waals surface area (Å²) >= 11 is 0. The van der Waals surface area contributed by atoms with E-state index < -0.39 is 12.1 Å². The summed E-state index contributed by atoms with van der Waals surface area (Å²) < 4.78 is 0. The van der Waals surface area contributed by atoms with Crippen molar-refractivity contribution in [1.82, 2.24) is 5.32 Å². The van der Waals surface area contributed by atoms with E-state index in [0.717, 1.165) is 57.8 Å². The zero-order valence-corrected chi connectivity index (χ0v) is 24.2. The molecule has 1 amide bonds. The molecule has 3 N–H and O–H groups in total. The molecule has 0 saturated heterocycles. The molecule has 0 aromatic rings. The van der Waals surface area contributed by atoms with Crippen LogP contribution in [0.1, 0.15) is 136 Å². The van der Waals surface area contributed by atoms with Crippen LogP contribution < -0.4 is 5.32 Å². The lowest BCUT2D eigenvalue weighted by Crippen LogP contribution is -2.45. The standard InChI is InChI=1S/C33H59NO3/c1-3-5-7-9-11-13-15-16-17-18-19-21-23-25-27-29-33(37)34-31(30-35)32(36)28-26-24-22-20-14-12-10-8-6-4-2/h5,7,11,13,16-17,26,28,31-32,35-36H,3-4,6,8-10,12,14-15,18-25,27,29-30H2,1-2H3,(H,34,37)/b7-5-,13-11-,17-16-,28-26+. The predicted molar refractivity (Wildman–Crippen MR) is 161 cm³/mol. The minimum Gasteiger partial charge on any atom is -0.394 e. The molecule has 0 aromatic carbocycles. The van der Waals surface area contributed by atoms with Crippen molar-refractivity contribution in [3.05, 3.63) is 48.6 Å². The zero-order valence-electron chi connectivity index (χ0n) is 24.2. The Labute approximate surface area is 229 Å². The summed E-state index contributed by atoms with van der Waals surface area (Å²) in [5, 5.41) is 22.7. The molecule has 0 rings (SSSR count). The lowest BCUT2D eigenvalue weighted by molar-refractivity contribution is -0.123. The first-order valence-corrected chi connectivity index (χ1v) is 15.4. The van der Waals surface area contributed by atoms with E-state index in [-0.39, 0.29) is 12.5 Å². The van der Waals surface area contributed by atoms with Gasteiger partial charge in [-0.2, -0.15) is 0 Å². The number of aliphatic hydroxyl groups excluding tert-OH is 2. The highest BCUT2D eigenvalue weighted by Gasteiger charge is 2.17. The SMILES string of the molecule is CC/C=C\C/C=C\C/C=C\CCCCCCCC(=O)NC(CO)C(O)/C=C/CCCCCCCCCC. The van der Waals surface area contributed by atoms with Gasteiger partial charge in [-0.1, -0.05) is 127 Å². The highest BCUT2D eigenvalue weighted by Crippen LogP contribution is 2.11. The first-order chi connectivity index (χ1) is 18.2. The summed E-state index contributed by atoms with van der Waals surface area (Å²) in [7, 11) is 0. The van der Waals surface area contributed by atoms with Gasteiger partial charge in [0.2, 0.25) is 5.91 Å². The van der Waals surface area contributed by atoms with Gasteiger partial charge in [-0.15, -0.1) is 0 Å². The van der Waals surface area contributed by atoms with Gasteiger partial charge in [-0.3, -0.25) is 4.79 Å². The van der Waals surface area contributed by atoms with Gasteiger partial charge < -0.3 is 15.5 Å². The lowest BCUT2D eigenvalue weighted by atomic mass is 10.1. The Morgan fingerprint density at radius 1 is 0.676 bits per heavy atom. The molecule has 0 aliphatic rings. The number of carbonyl (C=O) groups is 1. The third-order valence-electron chi connectivity index (χ3n) is 6.57. The number of allylic oxidation sites excluding steroid dienone is 7. The van der Waals surface area contributed by atoms with Crippen molar-refractivity contribution in [1.29, 1.82) is 0 Å². The Kier molecular flexibility index (Phi) is 27.6. The maximum Gasteiger partial charge on any atom is 0.220 e. The van der Waals surface area contributed by atoms with Crippen LogP contribution in [0, 0.1) is 0 Å². The Hall–Kier alpha value is -1.65. The van der Waals surface area contributed by atoms with E-state index >= 15 is 0 Å². The fraction of sp³-hybridized carbons (Fsp3) is 0.727. The topological polar surface area (TPSA) is 69.6 Å². The van der Waals surface area contributed by atoms with E-state index in [4.69, 9.17) is 0 Å². The van der Waals surface area contributed by atoms with E-state index in [9.17, 15) is 15.0 Å². The predicted octanol–water partition coefficient (Wildman–Crippen LogP) is 8.50. The average molecular weight is 518 g/mol. The molecule has 2 atom stereocenters. The number of amides is 1. The van der Waals surface area contributed by atoms with Crippen molar-refractivity contribution in [3.8, 4) is 0 Å². The molecule has 0 saturated carbocycles. The van der Waals surface area contributed by atoms with Crippen LogP contribution >= 0.6 is 0 Å². The number of aliphatic hydroxyl groups is 2. The van der Waals surface area contributed by atoms with Crippen LogP contribution in [0.4, 0.5) is 0 Å². The molecule has 0 radical (unpaired) electrons. The van der Waals surface area contributed by atoms with E-state index in [0.29, 0.717) is 6.42 Å². The van der Waals surface area contributed by atoms with Crippen molar-refractivity contribution in [2.75, 3.05) is 6.61 Å². The van der Waals surface area contributed by atoms with Gasteiger partial charge in [-0.05, 0) is 51.4 Å². The van der Waals surface area contributed by atoms with E-state index in [1.807, 2.05) is 6.08 Å². The first kappa shape index (κ1) is 35.4. The molecule has 4 heteroatoms. The smallest absolute Gasteiger partial charge is 0.220 e. The van der Waals surface area contributed by atoms with Gasteiger partial charge in [0.15, 0.2) is 0 Å². The zero-order chi connectivity index (χ0) is 27.2. The molecule has 214 valence electrons. The highest BCUT2D eigenvalue weighted by molar-refractivity contribution is 5.76. The third-order valence-corrected chi connectivity index (χ3v) is 6.57. The summed E-state index contributed by atoms with van der Waals surface area (Å²) in [5.74, 6) is -0.0873. The van der Waals surface area contributed by atoms with Gasteiger partial charge in [0.05, 0.1) is 18.8 Å². The second-order valence-corrected chi connectivity index (χ2v) is 10.1. The molecule has 37 heavy (non-hydrogen) atoms. The van der Waals surface area contributed by atoms with Crippen molar-refractivity contribution >= 4 is 5.91 Å². The van der Waals surface area contributed by atoms with Crippen LogP contribution in [0.15, 0.2) is 48.6 Å². The van der Waals surface area contributed by atoms with Crippen molar-refractivity contribution < 1.29 is 15.0 Å². The molecule has 0 fully saturated rings. The van der Waals surface area contributed by atoms with Crippen LogP contribution in [0.5, 0.6) is 0 Å². The molecular formula is C33H59NO3. The highest BCUT2D eigenvalue weighted by atomic mass is 16.3. The maximum absolute atomic E-state index is 12.2. The van der Waals surface area contributed by atoms with Crippen LogP contribution in [0.2, 0.25) is 0 Å². The second kappa shape index (κ2) is 28.9. The van der Waals surface area contributed by atoms with Gasteiger partial charge in [0.1, 0.15) is 0 Å². The Balaban J connectivity index is 3.74. The van der Waals surface area contributed by atoms with Gasteiger partial charge in [0, 0.05) is 6.42 Å². The maximum atomic E-state index is 12.2. The Morgan fingerprint density at radius 3 is 1.78 bits per heavy atom. The van der Waals surface area contributed by atoms with Gasteiger partial charge in [0.25, 0.3) is 0 Å². The summed E-state index contributed by atoms with van der Waals surface area (Å²) in [6, 6.07) is -0.628. The summed E-state index contributed by atoms with van der Waals surface area (Å²) in [6.07, 6.45) is 37.5. The largest absolute Gasteiger partial charge is 0.394 e. The third kappa shape index (κ3) is 25.8.